The molecule has 1 atom stereocenters. The Morgan fingerprint density at radius 3 is 2.57 bits per heavy atom. The van der Waals surface area contributed by atoms with Crippen molar-refractivity contribution in [3.8, 4) is 0 Å². The van der Waals surface area contributed by atoms with Crippen molar-refractivity contribution in [2.24, 2.45) is 5.92 Å². The van der Waals surface area contributed by atoms with Crippen molar-refractivity contribution >= 4 is 5.91 Å². The highest BCUT2D eigenvalue weighted by Gasteiger charge is 2.31. The normalized spacial score (nSPS) is 23.6. The minimum atomic E-state index is 0.197. The number of nitrogens with zero attached hydrogens (tertiary/aromatic N) is 1. The van der Waals surface area contributed by atoms with Gasteiger partial charge in [-0.1, -0.05) is 0 Å². The Hall–Kier alpha value is -0.570. The molecule has 0 spiro atoms. The number of hydrogen-bond donors (Lipinski definition) is 1. The monoisotopic (exact) mass is 196 g/mol. The fraction of sp³-hybridized carbons (Fsp3) is 0.909. The lowest BCUT2D eigenvalue weighted by atomic mass is 10.2. The van der Waals surface area contributed by atoms with Crippen LogP contribution in [0.1, 0.15) is 32.6 Å². The molecular formula is C11H20N2O. The van der Waals surface area contributed by atoms with Crippen LogP contribution < -0.4 is 5.32 Å². The summed E-state index contributed by atoms with van der Waals surface area (Å²) in [6.07, 6.45) is 5.03. The van der Waals surface area contributed by atoms with Crippen molar-refractivity contribution in [2.75, 3.05) is 13.6 Å². The molecule has 2 aliphatic carbocycles. The van der Waals surface area contributed by atoms with E-state index in [0.29, 0.717) is 18.6 Å². The number of hydrogen-bond acceptors (Lipinski definition) is 2. The zero-order valence-corrected chi connectivity index (χ0v) is 9.12. The minimum absolute atomic E-state index is 0.197. The van der Waals surface area contributed by atoms with Gasteiger partial charge in [-0.05, 0) is 45.6 Å². The van der Waals surface area contributed by atoms with E-state index < -0.39 is 0 Å². The molecule has 0 heterocycles. The van der Waals surface area contributed by atoms with Crippen LogP contribution in [0.15, 0.2) is 0 Å². The number of carbonyl (C=O) groups excluding carboxylic acids is 1. The van der Waals surface area contributed by atoms with Crippen LogP contribution in [0.3, 0.4) is 0 Å². The van der Waals surface area contributed by atoms with Gasteiger partial charge < -0.3 is 5.32 Å². The molecular weight excluding hydrogens is 176 g/mol. The first-order valence-electron chi connectivity index (χ1n) is 5.66. The second-order valence-corrected chi connectivity index (χ2v) is 4.83. The van der Waals surface area contributed by atoms with Gasteiger partial charge in [-0.3, -0.25) is 9.69 Å². The van der Waals surface area contributed by atoms with Crippen molar-refractivity contribution in [1.29, 1.82) is 0 Å². The third kappa shape index (κ3) is 2.71. The Morgan fingerprint density at radius 2 is 2.07 bits per heavy atom. The summed E-state index contributed by atoms with van der Waals surface area (Å²) in [5.41, 5.74) is 0. The van der Waals surface area contributed by atoms with Crippen molar-refractivity contribution in [1.82, 2.24) is 10.2 Å². The van der Waals surface area contributed by atoms with E-state index in [1.54, 1.807) is 0 Å². The molecule has 2 saturated carbocycles. The molecule has 1 amide bonds. The molecule has 2 rings (SSSR count). The summed E-state index contributed by atoms with van der Waals surface area (Å²) in [5.74, 6) is 1.04. The van der Waals surface area contributed by atoms with Crippen LogP contribution >= 0.6 is 0 Å². The number of nitrogens with one attached hydrogen (secondary N) is 1. The smallest absolute Gasteiger partial charge is 0.234 e. The standard InChI is InChI=1S/C11H20N2O/c1-8(9-3-4-9)13(2)7-11(14)12-10-5-6-10/h8-10H,3-7H2,1-2H3,(H,12,14). The van der Waals surface area contributed by atoms with Gasteiger partial charge in [0.2, 0.25) is 5.91 Å². The molecule has 1 N–H and O–H groups in total. The van der Waals surface area contributed by atoms with Crippen LogP contribution in [0.4, 0.5) is 0 Å². The van der Waals surface area contributed by atoms with Gasteiger partial charge in [0.1, 0.15) is 0 Å². The SMILES string of the molecule is CC(C1CC1)N(C)CC(=O)NC1CC1. The molecule has 2 aliphatic rings. The van der Waals surface area contributed by atoms with Crippen LogP contribution in [0, 0.1) is 5.92 Å². The third-order valence-electron chi connectivity index (χ3n) is 3.33. The van der Waals surface area contributed by atoms with Crippen LogP contribution in [0.5, 0.6) is 0 Å². The van der Waals surface area contributed by atoms with Crippen LogP contribution in [0.25, 0.3) is 0 Å². The first-order valence-corrected chi connectivity index (χ1v) is 5.66. The Balaban J connectivity index is 1.68. The molecule has 0 aromatic rings. The quantitative estimate of drug-likeness (QED) is 0.711. The molecule has 1 unspecified atom stereocenters. The maximum absolute atomic E-state index is 11.5. The molecule has 14 heavy (non-hydrogen) atoms. The number of rotatable bonds is 5. The van der Waals surface area contributed by atoms with Crippen molar-refractivity contribution < 1.29 is 4.79 Å². The second-order valence-electron chi connectivity index (χ2n) is 4.83. The molecule has 0 aromatic heterocycles. The predicted molar refractivity (Wildman–Crippen MR) is 56.0 cm³/mol. The van der Waals surface area contributed by atoms with E-state index in [4.69, 9.17) is 0 Å². The van der Waals surface area contributed by atoms with E-state index in [9.17, 15) is 4.79 Å². The minimum Gasteiger partial charge on any atom is -0.352 e. The van der Waals surface area contributed by atoms with Crippen LogP contribution in [-0.2, 0) is 4.79 Å². The Morgan fingerprint density at radius 1 is 1.43 bits per heavy atom. The molecule has 3 nitrogen and oxygen atoms in total. The second kappa shape index (κ2) is 3.89. The summed E-state index contributed by atoms with van der Waals surface area (Å²) in [6, 6.07) is 1.06. The van der Waals surface area contributed by atoms with E-state index in [1.807, 2.05) is 0 Å². The van der Waals surface area contributed by atoms with Gasteiger partial charge in [0, 0.05) is 12.1 Å². The van der Waals surface area contributed by atoms with Crippen LogP contribution in [0.2, 0.25) is 0 Å². The van der Waals surface area contributed by atoms with E-state index in [2.05, 4.69) is 24.2 Å². The van der Waals surface area contributed by atoms with E-state index in [1.165, 1.54) is 25.7 Å². The van der Waals surface area contributed by atoms with Crippen LogP contribution in [-0.4, -0.2) is 36.5 Å². The van der Waals surface area contributed by atoms with Crippen molar-refractivity contribution in [3.05, 3.63) is 0 Å². The molecule has 0 saturated heterocycles. The highest BCUT2D eigenvalue weighted by molar-refractivity contribution is 5.78. The first kappa shape index (κ1) is 9.97. The summed E-state index contributed by atoms with van der Waals surface area (Å²) in [4.78, 5) is 13.7. The lowest BCUT2D eigenvalue weighted by Crippen LogP contribution is -2.40. The van der Waals surface area contributed by atoms with Gasteiger partial charge in [0.25, 0.3) is 0 Å². The number of carbonyl (C=O) groups is 1. The third-order valence-corrected chi connectivity index (χ3v) is 3.33. The molecule has 0 aliphatic heterocycles. The van der Waals surface area contributed by atoms with Gasteiger partial charge in [0.15, 0.2) is 0 Å². The van der Waals surface area contributed by atoms with Gasteiger partial charge in [-0.15, -0.1) is 0 Å². The summed E-state index contributed by atoms with van der Waals surface area (Å²) in [5, 5.41) is 3.02. The van der Waals surface area contributed by atoms with Gasteiger partial charge in [-0.25, -0.2) is 0 Å². The summed E-state index contributed by atoms with van der Waals surface area (Å²) < 4.78 is 0. The topological polar surface area (TPSA) is 32.3 Å². The number of amides is 1. The van der Waals surface area contributed by atoms with E-state index >= 15 is 0 Å². The van der Waals surface area contributed by atoms with E-state index in [-0.39, 0.29) is 5.91 Å². The average molecular weight is 196 g/mol. The van der Waals surface area contributed by atoms with Gasteiger partial charge >= 0.3 is 0 Å². The molecule has 2 fully saturated rings. The molecule has 0 radical (unpaired) electrons. The maximum atomic E-state index is 11.5. The van der Waals surface area contributed by atoms with Crippen molar-refractivity contribution in [2.45, 2.75) is 44.7 Å². The maximum Gasteiger partial charge on any atom is 0.234 e. The molecule has 0 bridgehead atoms. The lowest BCUT2D eigenvalue weighted by molar-refractivity contribution is -0.122. The zero-order chi connectivity index (χ0) is 10.1. The highest BCUT2D eigenvalue weighted by atomic mass is 16.2. The predicted octanol–water partition coefficient (Wildman–Crippen LogP) is 0.995. The fourth-order valence-electron chi connectivity index (χ4n) is 1.81. The number of likely N-dealkylation sites (N-methyl/N-ethyl adjacent to an activating group) is 1. The Kier molecular flexibility index (Phi) is 2.77. The first-order chi connectivity index (χ1) is 6.66. The zero-order valence-electron chi connectivity index (χ0n) is 9.12. The van der Waals surface area contributed by atoms with Gasteiger partial charge in [0.05, 0.1) is 6.54 Å². The molecule has 3 heteroatoms. The van der Waals surface area contributed by atoms with E-state index in [0.717, 1.165) is 5.92 Å². The average Bonchev–Trinajstić information content (AvgIpc) is 2.96. The van der Waals surface area contributed by atoms with Gasteiger partial charge in [-0.2, -0.15) is 0 Å². The summed E-state index contributed by atoms with van der Waals surface area (Å²) in [6.45, 7) is 2.79. The molecule has 0 aromatic carbocycles. The fourth-order valence-corrected chi connectivity index (χ4v) is 1.81. The summed E-state index contributed by atoms with van der Waals surface area (Å²) >= 11 is 0. The highest BCUT2D eigenvalue weighted by Crippen LogP contribution is 2.34. The Labute approximate surface area is 85.8 Å². The Bertz CT molecular complexity index is 221. The summed E-state index contributed by atoms with van der Waals surface area (Å²) in [7, 11) is 2.05. The lowest BCUT2D eigenvalue weighted by Gasteiger charge is -2.23. The van der Waals surface area contributed by atoms with Crippen molar-refractivity contribution in [3.63, 3.8) is 0 Å². The molecule has 80 valence electrons. The largest absolute Gasteiger partial charge is 0.352 e.